The predicted molar refractivity (Wildman–Crippen MR) is 66.8 cm³/mol. The van der Waals surface area contributed by atoms with Crippen molar-refractivity contribution in [3.8, 4) is 0 Å². The molecule has 0 saturated heterocycles. The molecule has 0 spiro atoms. The summed E-state index contributed by atoms with van der Waals surface area (Å²) in [6.45, 7) is 0.996. The smallest absolute Gasteiger partial charge is 0.243 e. The molecule has 0 fully saturated rings. The highest BCUT2D eigenvalue weighted by Gasteiger charge is 2.21. The van der Waals surface area contributed by atoms with Gasteiger partial charge in [0.25, 0.3) is 0 Å². The van der Waals surface area contributed by atoms with E-state index in [1.807, 2.05) is 12.1 Å². The van der Waals surface area contributed by atoms with Crippen molar-refractivity contribution < 1.29 is 9.53 Å². The van der Waals surface area contributed by atoms with Crippen LogP contribution in [0.15, 0.2) is 24.3 Å². The lowest BCUT2D eigenvalue weighted by molar-refractivity contribution is -0.124. The molecule has 0 aromatic heterocycles. The molecule has 1 atom stereocenters. The zero-order valence-corrected chi connectivity index (χ0v) is 10.1. The van der Waals surface area contributed by atoms with Crippen molar-refractivity contribution in [2.24, 2.45) is 5.73 Å². The van der Waals surface area contributed by atoms with Crippen LogP contribution in [0.25, 0.3) is 0 Å². The number of rotatable bonds is 3. The number of amides is 1. The van der Waals surface area contributed by atoms with Gasteiger partial charge in [-0.05, 0) is 18.9 Å². The lowest BCUT2D eigenvalue weighted by atomic mass is 10.0. The van der Waals surface area contributed by atoms with Crippen molar-refractivity contribution in [1.29, 1.82) is 0 Å². The van der Waals surface area contributed by atoms with Gasteiger partial charge in [0.2, 0.25) is 5.91 Å². The summed E-state index contributed by atoms with van der Waals surface area (Å²) in [5.74, 6) is -0.417. The largest absolute Gasteiger partial charge is 0.374 e. The van der Waals surface area contributed by atoms with E-state index in [0.717, 1.165) is 24.9 Å². The van der Waals surface area contributed by atoms with Crippen LogP contribution < -0.4 is 10.6 Å². The third-order valence-corrected chi connectivity index (χ3v) is 3.08. The molecule has 92 valence electrons. The molecule has 1 heterocycles. The number of carbonyl (C=O) groups is 1. The number of primary amides is 1. The van der Waals surface area contributed by atoms with Crippen LogP contribution in [0.4, 0.5) is 5.69 Å². The molecule has 2 rings (SSSR count). The van der Waals surface area contributed by atoms with Crippen molar-refractivity contribution in [1.82, 2.24) is 0 Å². The number of carbonyl (C=O) groups excluding carboxylic acids is 1. The highest BCUT2D eigenvalue weighted by Crippen LogP contribution is 2.34. The summed E-state index contributed by atoms with van der Waals surface area (Å²) in [6, 6.07) is 8.16. The first-order valence-corrected chi connectivity index (χ1v) is 5.88. The topological polar surface area (TPSA) is 55.6 Å². The normalized spacial score (nSPS) is 19.6. The summed E-state index contributed by atoms with van der Waals surface area (Å²) in [5.41, 5.74) is 7.45. The van der Waals surface area contributed by atoms with E-state index in [-0.39, 0.29) is 12.7 Å². The van der Waals surface area contributed by atoms with Crippen molar-refractivity contribution in [3.05, 3.63) is 29.8 Å². The second-order valence-electron chi connectivity index (χ2n) is 4.39. The monoisotopic (exact) mass is 234 g/mol. The van der Waals surface area contributed by atoms with Crippen LogP contribution in [-0.2, 0) is 9.53 Å². The molecule has 0 aliphatic carbocycles. The molecule has 0 radical (unpaired) electrons. The van der Waals surface area contributed by atoms with E-state index in [4.69, 9.17) is 10.5 Å². The molecule has 1 unspecified atom stereocenters. The number of anilines is 1. The van der Waals surface area contributed by atoms with E-state index in [1.165, 1.54) is 5.69 Å². The van der Waals surface area contributed by atoms with Crippen molar-refractivity contribution >= 4 is 11.6 Å². The molecular weight excluding hydrogens is 216 g/mol. The van der Waals surface area contributed by atoms with Gasteiger partial charge in [0.15, 0.2) is 0 Å². The standard InChI is InChI=1S/C13H18N2O2/c1-15-8-4-7-12(17-9-13(14)16)10-5-2-3-6-11(10)15/h2-3,5-6,12H,4,7-9H2,1H3,(H2,14,16). The fourth-order valence-electron chi connectivity index (χ4n) is 2.25. The Morgan fingerprint density at radius 1 is 1.53 bits per heavy atom. The number of nitrogens with zero attached hydrogens (tertiary/aromatic N) is 1. The first-order chi connectivity index (χ1) is 8.18. The summed E-state index contributed by atoms with van der Waals surface area (Å²) in [5, 5.41) is 0. The van der Waals surface area contributed by atoms with Crippen LogP contribution in [0, 0.1) is 0 Å². The molecular formula is C13H18N2O2. The molecule has 17 heavy (non-hydrogen) atoms. The average molecular weight is 234 g/mol. The molecule has 0 bridgehead atoms. The van der Waals surface area contributed by atoms with Crippen LogP contribution in [0.1, 0.15) is 24.5 Å². The Kier molecular flexibility index (Phi) is 3.64. The summed E-state index contributed by atoms with van der Waals surface area (Å²) < 4.78 is 5.60. The summed E-state index contributed by atoms with van der Waals surface area (Å²) >= 11 is 0. The number of hydrogen-bond acceptors (Lipinski definition) is 3. The van der Waals surface area contributed by atoms with Crippen molar-refractivity contribution in [2.75, 3.05) is 25.1 Å². The molecule has 4 nitrogen and oxygen atoms in total. The number of fused-ring (bicyclic) bond motifs is 1. The van der Waals surface area contributed by atoms with Gasteiger partial charge < -0.3 is 15.4 Å². The summed E-state index contributed by atoms with van der Waals surface area (Å²) in [4.78, 5) is 13.0. The third-order valence-electron chi connectivity index (χ3n) is 3.08. The lowest BCUT2D eigenvalue weighted by Crippen LogP contribution is -2.20. The van der Waals surface area contributed by atoms with Crippen molar-refractivity contribution in [2.45, 2.75) is 18.9 Å². The Labute approximate surface area is 101 Å². The summed E-state index contributed by atoms with van der Waals surface area (Å²) in [7, 11) is 2.08. The highest BCUT2D eigenvalue weighted by molar-refractivity contribution is 5.75. The zero-order valence-electron chi connectivity index (χ0n) is 10.1. The second kappa shape index (κ2) is 5.19. The maximum absolute atomic E-state index is 10.8. The van der Waals surface area contributed by atoms with E-state index < -0.39 is 5.91 Å². The molecule has 2 N–H and O–H groups in total. The number of hydrogen-bond donors (Lipinski definition) is 1. The van der Waals surface area contributed by atoms with Gasteiger partial charge >= 0.3 is 0 Å². The molecule has 0 saturated carbocycles. The van der Waals surface area contributed by atoms with Gasteiger partial charge in [0.1, 0.15) is 6.61 Å². The Hall–Kier alpha value is -1.55. The molecule has 1 aromatic rings. The van der Waals surface area contributed by atoms with E-state index in [2.05, 4.69) is 24.1 Å². The first kappa shape index (κ1) is 11.9. The minimum Gasteiger partial charge on any atom is -0.374 e. The van der Waals surface area contributed by atoms with E-state index in [1.54, 1.807) is 0 Å². The lowest BCUT2D eigenvalue weighted by Gasteiger charge is -2.21. The molecule has 1 aliphatic rings. The van der Waals surface area contributed by atoms with Gasteiger partial charge in [-0.15, -0.1) is 0 Å². The van der Waals surface area contributed by atoms with Crippen LogP contribution in [-0.4, -0.2) is 26.1 Å². The Morgan fingerprint density at radius 3 is 3.06 bits per heavy atom. The van der Waals surface area contributed by atoms with Crippen LogP contribution >= 0.6 is 0 Å². The van der Waals surface area contributed by atoms with Gasteiger partial charge in [0.05, 0.1) is 6.10 Å². The summed E-state index contributed by atoms with van der Waals surface area (Å²) in [6.07, 6.45) is 1.95. The van der Waals surface area contributed by atoms with Crippen LogP contribution in [0.2, 0.25) is 0 Å². The van der Waals surface area contributed by atoms with Crippen LogP contribution in [0.5, 0.6) is 0 Å². The Balaban J connectivity index is 2.22. The quantitative estimate of drug-likeness (QED) is 0.861. The van der Waals surface area contributed by atoms with Gasteiger partial charge in [-0.2, -0.15) is 0 Å². The Bertz CT molecular complexity index is 406. The zero-order chi connectivity index (χ0) is 12.3. The second-order valence-corrected chi connectivity index (χ2v) is 4.39. The Morgan fingerprint density at radius 2 is 2.29 bits per heavy atom. The maximum Gasteiger partial charge on any atom is 0.243 e. The van der Waals surface area contributed by atoms with E-state index >= 15 is 0 Å². The maximum atomic E-state index is 10.8. The molecule has 1 aromatic carbocycles. The highest BCUT2D eigenvalue weighted by atomic mass is 16.5. The molecule has 1 aliphatic heterocycles. The third kappa shape index (κ3) is 2.77. The number of ether oxygens (including phenoxy) is 1. The van der Waals surface area contributed by atoms with Gasteiger partial charge in [-0.3, -0.25) is 4.79 Å². The average Bonchev–Trinajstić information content (AvgIpc) is 2.47. The van der Waals surface area contributed by atoms with Crippen molar-refractivity contribution in [3.63, 3.8) is 0 Å². The fraction of sp³-hybridized carbons (Fsp3) is 0.462. The van der Waals surface area contributed by atoms with E-state index in [0.29, 0.717) is 0 Å². The SMILES string of the molecule is CN1CCCC(OCC(N)=O)c2ccccc21. The van der Waals surface area contributed by atoms with Gasteiger partial charge in [-0.1, -0.05) is 18.2 Å². The minimum absolute atomic E-state index is 0.0112. The van der Waals surface area contributed by atoms with Gasteiger partial charge in [0, 0.05) is 24.8 Å². The number of nitrogens with two attached hydrogens (primary N) is 1. The van der Waals surface area contributed by atoms with Crippen LogP contribution in [0.3, 0.4) is 0 Å². The first-order valence-electron chi connectivity index (χ1n) is 5.88. The van der Waals surface area contributed by atoms with E-state index in [9.17, 15) is 4.79 Å². The number of para-hydroxylation sites is 1. The minimum atomic E-state index is -0.417. The predicted octanol–water partition coefficient (Wildman–Crippen LogP) is 1.46. The van der Waals surface area contributed by atoms with Gasteiger partial charge in [-0.25, -0.2) is 0 Å². The fourth-order valence-corrected chi connectivity index (χ4v) is 2.25. The molecule has 4 heteroatoms. The number of benzene rings is 1. The molecule has 1 amide bonds.